The van der Waals surface area contributed by atoms with Gasteiger partial charge in [-0.2, -0.15) is 0 Å². The Balaban J connectivity index is 1.78. The molecule has 26 heavy (non-hydrogen) atoms. The average Bonchev–Trinajstić information content (AvgIpc) is 2.61. The van der Waals surface area contributed by atoms with E-state index < -0.39 is 0 Å². The Morgan fingerprint density at radius 3 is 2.85 bits per heavy atom. The summed E-state index contributed by atoms with van der Waals surface area (Å²) < 4.78 is 5.71. The molecule has 0 radical (unpaired) electrons. The van der Waals surface area contributed by atoms with Crippen molar-refractivity contribution >= 4 is 45.9 Å². The number of carbonyl (C=O) groups is 2. The van der Waals surface area contributed by atoms with Crippen LogP contribution in [0.4, 0.5) is 0 Å². The molecule has 2 amide bonds. The van der Waals surface area contributed by atoms with Crippen LogP contribution in [0.2, 0.25) is 10.0 Å². The highest BCUT2D eigenvalue weighted by molar-refractivity contribution is 6.39. The van der Waals surface area contributed by atoms with Gasteiger partial charge in [-0.3, -0.25) is 9.59 Å². The molecule has 1 aromatic heterocycles. The molecular formula is C18H19Cl2N3O3. The Morgan fingerprint density at radius 1 is 1.35 bits per heavy atom. The molecule has 0 unspecified atom stereocenters. The number of rotatable bonds is 4. The lowest BCUT2D eigenvalue weighted by molar-refractivity contribution is -0.136. The summed E-state index contributed by atoms with van der Waals surface area (Å²) in [6, 6.07) is 5.26. The number of nitrogens with zero attached hydrogens (tertiary/aromatic N) is 2. The number of nitrogens with two attached hydrogens (primary N) is 1. The first-order valence-electron chi connectivity index (χ1n) is 8.32. The fraction of sp³-hybridized carbons (Fsp3) is 0.389. The Kier molecular flexibility index (Phi) is 5.53. The summed E-state index contributed by atoms with van der Waals surface area (Å²) in [4.78, 5) is 29.9. The molecule has 138 valence electrons. The number of primary amides is 1. The summed E-state index contributed by atoms with van der Waals surface area (Å²) in [7, 11) is 0. The molecule has 3 rings (SSSR count). The van der Waals surface area contributed by atoms with Crippen LogP contribution < -0.4 is 10.5 Å². The molecule has 0 bridgehead atoms. The lowest BCUT2D eigenvalue weighted by Gasteiger charge is -2.31. The monoisotopic (exact) mass is 395 g/mol. The molecule has 1 aliphatic heterocycles. The number of ether oxygens (including phenoxy) is 1. The van der Waals surface area contributed by atoms with Gasteiger partial charge in [0.2, 0.25) is 5.91 Å². The maximum atomic E-state index is 12.5. The summed E-state index contributed by atoms with van der Waals surface area (Å²) in [5.41, 5.74) is 6.66. The number of hydrogen-bond donors (Lipinski definition) is 1. The smallest absolute Gasteiger partial charge is 0.260 e. The van der Waals surface area contributed by atoms with Crippen molar-refractivity contribution in [3.8, 4) is 5.75 Å². The van der Waals surface area contributed by atoms with Crippen LogP contribution in [0.25, 0.3) is 10.9 Å². The third-order valence-corrected chi connectivity index (χ3v) is 5.09. The number of amides is 2. The number of fused-ring (bicyclic) bond motifs is 1. The molecule has 2 aromatic rings. The SMILES string of the molecule is Cc1ccc2c(Cl)cc(Cl)c(OCC(=O)N3CCC[C@@H](C(N)=O)C3)c2n1. The van der Waals surface area contributed by atoms with Gasteiger partial charge in [-0.25, -0.2) is 4.98 Å². The van der Waals surface area contributed by atoms with Crippen LogP contribution in [0.3, 0.4) is 0 Å². The van der Waals surface area contributed by atoms with Gasteiger partial charge in [0.05, 0.1) is 16.0 Å². The number of aryl methyl sites for hydroxylation is 1. The van der Waals surface area contributed by atoms with Crippen molar-refractivity contribution in [2.75, 3.05) is 19.7 Å². The zero-order chi connectivity index (χ0) is 18.8. The van der Waals surface area contributed by atoms with E-state index >= 15 is 0 Å². The molecule has 0 aliphatic carbocycles. The van der Waals surface area contributed by atoms with Gasteiger partial charge in [0.15, 0.2) is 12.4 Å². The average molecular weight is 396 g/mol. The minimum Gasteiger partial charge on any atom is -0.480 e. The Bertz CT molecular complexity index is 872. The van der Waals surface area contributed by atoms with Crippen LogP contribution in [0.1, 0.15) is 18.5 Å². The van der Waals surface area contributed by atoms with Gasteiger partial charge in [-0.15, -0.1) is 0 Å². The number of carbonyl (C=O) groups excluding carboxylic acids is 2. The first-order chi connectivity index (χ1) is 12.4. The van der Waals surface area contributed by atoms with Crippen LogP contribution in [0.15, 0.2) is 18.2 Å². The van der Waals surface area contributed by atoms with Gasteiger partial charge in [0, 0.05) is 24.2 Å². The van der Waals surface area contributed by atoms with Crippen LogP contribution >= 0.6 is 23.2 Å². The normalized spacial score (nSPS) is 17.3. The summed E-state index contributed by atoms with van der Waals surface area (Å²) in [5.74, 6) is -0.582. The summed E-state index contributed by atoms with van der Waals surface area (Å²) in [6.07, 6.45) is 1.45. The van der Waals surface area contributed by atoms with Crippen molar-refractivity contribution in [1.82, 2.24) is 9.88 Å². The van der Waals surface area contributed by atoms with Crippen molar-refractivity contribution in [3.63, 3.8) is 0 Å². The highest BCUT2D eigenvalue weighted by atomic mass is 35.5. The second kappa shape index (κ2) is 7.68. The molecule has 0 spiro atoms. The van der Waals surface area contributed by atoms with E-state index in [-0.39, 0.29) is 24.3 Å². The molecule has 1 fully saturated rings. The molecule has 1 aromatic carbocycles. The van der Waals surface area contributed by atoms with Gasteiger partial charge in [-0.05, 0) is 38.0 Å². The topological polar surface area (TPSA) is 85.5 Å². The fourth-order valence-electron chi connectivity index (χ4n) is 3.09. The molecule has 2 N–H and O–H groups in total. The first-order valence-corrected chi connectivity index (χ1v) is 9.07. The third kappa shape index (κ3) is 3.86. The van der Waals surface area contributed by atoms with Crippen molar-refractivity contribution in [3.05, 3.63) is 33.9 Å². The van der Waals surface area contributed by atoms with Crippen molar-refractivity contribution in [2.24, 2.45) is 11.7 Å². The van der Waals surface area contributed by atoms with Gasteiger partial charge in [-0.1, -0.05) is 23.2 Å². The van der Waals surface area contributed by atoms with E-state index in [9.17, 15) is 9.59 Å². The third-order valence-electron chi connectivity index (χ3n) is 4.49. The van der Waals surface area contributed by atoms with Crippen molar-refractivity contribution in [1.29, 1.82) is 0 Å². The van der Waals surface area contributed by atoms with E-state index in [1.54, 1.807) is 11.0 Å². The van der Waals surface area contributed by atoms with Crippen molar-refractivity contribution in [2.45, 2.75) is 19.8 Å². The molecule has 8 heteroatoms. The fourth-order valence-corrected chi connectivity index (χ4v) is 3.66. The molecule has 2 heterocycles. The maximum absolute atomic E-state index is 12.5. The van der Waals surface area contributed by atoms with Gasteiger partial charge >= 0.3 is 0 Å². The summed E-state index contributed by atoms with van der Waals surface area (Å²) >= 11 is 12.5. The number of piperidine rings is 1. The van der Waals surface area contributed by atoms with Crippen LogP contribution in [0.5, 0.6) is 5.75 Å². The zero-order valence-electron chi connectivity index (χ0n) is 14.3. The molecular weight excluding hydrogens is 377 g/mol. The standard InChI is InChI=1S/C18H19Cl2N3O3/c1-10-4-5-12-13(19)7-14(20)17(16(12)22-10)26-9-15(24)23-6-2-3-11(8-23)18(21)25/h4-5,7,11H,2-3,6,8-9H2,1H3,(H2,21,25)/t11-/m1/s1. The molecule has 1 saturated heterocycles. The number of hydrogen-bond acceptors (Lipinski definition) is 4. The predicted molar refractivity (Wildman–Crippen MR) is 100 cm³/mol. The lowest BCUT2D eigenvalue weighted by atomic mass is 9.97. The van der Waals surface area contributed by atoms with E-state index in [4.69, 9.17) is 33.7 Å². The number of aromatic nitrogens is 1. The highest BCUT2D eigenvalue weighted by Crippen LogP contribution is 2.37. The predicted octanol–water partition coefficient (Wildman–Crippen LogP) is 2.95. The quantitative estimate of drug-likeness (QED) is 0.861. The Labute approximate surface area is 161 Å². The number of halogens is 2. The second-order valence-electron chi connectivity index (χ2n) is 6.39. The van der Waals surface area contributed by atoms with E-state index in [1.165, 1.54) is 0 Å². The molecule has 1 aliphatic rings. The van der Waals surface area contributed by atoms with Crippen LogP contribution in [-0.2, 0) is 9.59 Å². The first kappa shape index (κ1) is 18.7. The van der Waals surface area contributed by atoms with Gasteiger partial charge < -0.3 is 15.4 Å². The summed E-state index contributed by atoms with van der Waals surface area (Å²) in [5, 5.41) is 1.47. The molecule has 6 nitrogen and oxygen atoms in total. The Hall–Kier alpha value is -2.05. The molecule has 0 saturated carbocycles. The van der Waals surface area contributed by atoms with Gasteiger partial charge in [0.1, 0.15) is 5.52 Å². The minimum absolute atomic E-state index is 0.197. The van der Waals surface area contributed by atoms with Crippen molar-refractivity contribution < 1.29 is 14.3 Å². The maximum Gasteiger partial charge on any atom is 0.260 e. The largest absolute Gasteiger partial charge is 0.480 e. The number of benzene rings is 1. The lowest BCUT2D eigenvalue weighted by Crippen LogP contribution is -2.45. The van der Waals surface area contributed by atoms with E-state index in [2.05, 4.69) is 4.98 Å². The molecule has 1 atom stereocenters. The summed E-state index contributed by atoms with van der Waals surface area (Å²) in [6.45, 7) is 2.56. The van der Waals surface area contributed by atoms with E-state index in [1.807, 2.05) is 19.1 Å². The zero-order valence-corrected chi connectivity index (χ0v) is 15.8. The minimum atomic E-state index is -0.380. The number of pyridine rings is 1. The highest BCUT2D eigenvalue weighted by Gasteiger charge is 2.27. The van der Waals surface area contributed by atoms with Crippen LogP contribution in [0, 0.1) is 12.8 Å². The Morgan fingerprint density at radius 2 is 2.12 bits per heavy atom. The van der Waals surface area contributed by atoms with Crippen LogP contribution in [-0.4, -0.2) is 41.4 Å². The second-order valence-corrected chi connectivity index (χ2v) is 7.20. The number of likely N-dealkylation sites (tertiary alicyclic amines) is 1. The van der Waals surface area contributed by atoms with E-state index in [0.29, 0.717) is 46.2 Å². The van der Waals surface area contributed by atoms with E-state index in [0.717, 1.165) is 12.1 Å². The van der Waals surface area contributed by atoms with Gasteiger partial charge in [0.25, 0.3) is 5.91 Å².